The van der Waals surface area contributed by atoms with Crippen LogP contribution in [0, 0.1) is 0 Å². The zero-order valence-electron chi connectivity index (χ0n) is 19.8. The summed E-state index contributed by atoms with van der Waals surface area (Å²) in [5, 5.41) is 2.51. The first-order chi connectivity index (χ1) is 15.6. The van der Waals surface area contributed by atoms with Gasteiger partial charge >= 0.3 is 6.18 Å². The molecule has 7 heteroatoms. The van der Waals surface area contributed by atoms with E-state index in [0.29, 0.717) is 12.0 Å². The highest BCUT2D eigenvalue weighted by atomic mass is 19.4. The fraction of sp³-hybridized carbons (Fsp3) is 0.577. The number of benzene rings is 2. The maximum Gasteiger partial charge on any atom is 0.410 e. The van der Waals surface area contributed by atoms with Crippen LogP contribution in [0.2, 0.25) is 0 Å². The van der Waals surface area contributed by atoms with Crippen molar-refractivity contribution in [2.45, 2.75) is 89.9 Å². The third-order valence-corrected chi connectivity index (χ3v) is 6.26. The zero-order chi connectivity index (χ0) is 24.1. The van der Waals surface area contributed by atoms with E-state index < -0.39 is 23.7 Å². The molecule has 0 aliphatic carbocycles. The summed E-state index contributed by atoms with van der Waals surface area (Å²) in [6, 6.07) is 8.48. The molecule has 3 rings (SSSR count). The Labute approximate surface area is 194 Å². The predicted molar refractivity (Wildman–Crippen MR) is 125 cm³/mol. The molecule has 1 amide bonds. The summed E-state index contributed by atoms with van der Waals surface area (Å²) in [6.07, 6.45) is 3.10. The van der Waals surface area contributed by atoms with E-state index in [0.717, 1.165) is 29.7 Å². The molecule has 1 aliphatic heterocycles. The summed E-state index contributed by atoms with van der Waals surface area (Å²) in [5.74, 6) is -0.168. The number of alkyl halides is 3. The van der Waals surface area contributed by atoms with Crippen molar-refractivity contribution in [2.24, 2.45) is 0 Å². The molecule has 1 saturated heterocycles. The number of halogens is 3. The Hall–Kier alpha value is -2.28. The Morgan fingerprint density at radius 2 is 1.70 bits per heavy atom. The number of carbonyl (C=O) groups is 1. The van der Waals surface area contributed by atoms with E-state index in [-0.39, 0.29) is 17.7 Å². The summed E-state index contributed by atoms with van der Waals surface area (Å²) >= 11 is 0. The fourth-order valence-electron chi connectivity index (χ4n) is 4.55. The van der Waals surface area contributed by atoms with Gasteiger partial charge in [0.1, 0.15) is 5.75 Å². The minimum atomic E-state index is -4.60. The van der Waals surface area contributed by atoms with Crippen molar-refractivity contribution in [1.82, 2.24) is 10.4 Å². The van der Waals surface area contributed by atoms with E-state index in [1.165, 1.54) is 31.7 Å². The number of nitrogens with zero attached hydrogens (tertiary/aromatic N) is 1. The summed E-state index contributed by atoms with van der Waals surface area (Å²) < 4.78 is 49.4. The second-order valence-electron chi connectivity index (χ2n) is 9.51. The summed E-state index contributed by atoms with van der Waals surface area (Å²) in [7, 11) is 0. The molecule has 0 bridgehead atoms. The molecule has 0 aromatic heterocycles. The van der Waals surface area contributed by atoms with Gasteiger partial charge in [-0.25, -0.2) is 0 Å². The quantitative estimate of drug-likeness (QED) is 0.361. The number of hydrogen-bond donors (Lipinski definition) is 1. The number of unbranched alkanes of at least 4 members (excludes halogenated alkanes) is 6. The van der Waals surface area contributed by atoms with Gasteiger partial charge in [-0.15, -0.1) is 0 Å². The first-order valence-electron chi connectivity index (χ1n) is 11.9. The van der Waals surface area contributed by atoms with Gasteiger partial charge < -0.3 is 4.74 Å². The smallest absolute Gasteiger partial charge is 0.410 e. The second kappa shape index (κ2) is 10.8. The molecule has 0 spiro atoms. The van der Waals surface area contributed by atoms with Crippen LogP contribution < -0.4 is 10.2 Å². The number of hydrazine groups is 1. The van der Waals surface area contributed by atoms with Gasteiger partial charge in [-0.3, -0.25) is 10.2 Å². The predicted octanol–water partition coefficient (Wildman–Crippen LogP) is 7.09. The van der Waals surface area contributed by atoms with E-state index in [9.17, 15) is 18.0 Å². The van der Waals surface area contributed by atoms with Crippen LogP contribution in [0.5, 0.6) is 5.75 Å². The van der Waals surface area contributed by atoms with Crippen LogP contribution in [-0.2, 0) is 4.79 Å². The lowest BCUT2D eigenvalue weighted by Gasteiger charge is -2.38. The third-order valence-electron chi connectivity index (χ3n) is 6.26. The highest BCUT2D eigenvalue weighted by Gasteiger charge is 2.54. The van der Waals surface area contributed by atoms with Gasteiger partial charge in [-0.1, -0.05) is 81.8 Å². The first-order valence-corrected chi connectivity index (χ1v) is 11.9. The van der Waals surface area contributed by atoms with Gasteiger partial charge in [-0.2, -0.15) is 18.2 Å². The number of amides is 1. The minimum absolute atomic E-state index is 0.00137. The van der Waals surface area contributed by atoms with Gasteiger partial charge in [0.25, 0.3) is 0 Å². The van der Waals surface area contributed by atoms with Crippen molar-refractivity contribution in [3.05, 3.63) is 42.0 Å². The Bertz CT molecular complexity index is 943. The maximum atomic E-state index is 14.5. The number of ether oxygens (including phenoxy) is 1. The molecular weight excluding hydrogens is 429 g/mol. The van der Waals surface area contributed by atoms with E-state index in [4.69, 9.17) is 4.74 Å². The molecule has 1 heterocycles. The molecule has 2 aromatic rings. The van der Waals surface area contributed by atoms with Crippen molar-refractivity contribution in [2.75, 3.05) is 6.61 Å². The van der Waals surface area contributed by atoms with Crippen LogP contribution >= 0.6 is 0 Å². The Morgan fingerprint density at radius 1 is 1.03 bits per heavy atom. The summed E-state index contributed by atoms with van der Waals surface area (Å²) in [6.45, 7) is 5.82. The van der Waals surface area contributed by atoms with Gasteiger partial charge in [0.2, 0.25) is 5.91 Å². The first kappa shape index (κ1) is 25.3. The van der Waals surface area contributed by atoms with E-state index in [2.05, 4.69) is 12.3 Å². The molecule has 1 N–H and O–H groups in total. The molecule has 33 heavy (non-hydrogen) atoms. The molecule has 0 radical (unpaired) electrons. The second-order valence-corrected chi connectivity index (χ2v) is 9.51. The van der Waals surface area contributed by atoms with Crippen molar-refractivity contribution in [3.8, 4) is 5.75 Å². The zero-order valence-corrected chi connectivity index (χ0v) is 19.8. The SMILES string of the molecule is CCCCCCCCCOc1c([C@H](N2NC(=O)CC2(C)C)C(F)(F)F)ccc2ccccc12. The van der Waals surface area contributed by atoms with Crippen LogP contribution in [0.3, 0.4) is 0 Å². The van der Waals surface area contributed by atoms with Crippen LogP contribution in [0.15, 0.2) is 36.4 Å². The average Bonchev–Trinajstić information content (AvgIpc) is 3.01. The molecule has 2 aromatic carbocycles. The third kappa shape index (κ3) is 6.19. The Balaban J connectivity index is 1.88. The fourth-order valence-corrected chi connectivity index (χ4v) is 4.55. The van der Waals surface area contributed by atoms with Crippen LogP contribution in [0.25, 0.3) is 10.8 Å². The molecule has 182 valence electrons. The monoisotopic (exact) mass is 464 g/mol. The number of carbonyl (C=O) groups excluding carboxylic acids is 1. The largest absolute Gasteiger partial charge is 0.493 e. The van der Waals surface area contributed by atoms with Crippen LogP contribution in [-0.4, -0.2) is 29.2 Å². The Kier molecular flexibility index (Phi) is 8.27. The molecule has 1 fully saturated rings. The highest BCUT2D eigenvalue weighted by Crippen LogP contribution is 2.47. The highest BCUT2D eigenvalue weighted by molar-refractivity contribution is 5.90. The molecule has 4 nitrogen and oxygen atoms in total. The molecular formula is C26H35F3N2O2. The lowest BCUT2D eigenvalue weighted by atomic mass is 9.94. The van der Waals surface area contributed by atoms with E-state index >= 15 is 0 Å². The molecule has 0 saturated carbocycles. The Morgan fingerprint density at radius 3 is 2.33 bits per heavy atom. The average molecular weight is 465 g/mol. The molecule has 1 atom stereocenters. The number of fused-ring (bicyclic) bond motifs is 1. The van der Waals surface area contributed by atoms with E-state index in [1.54, 1.807) is 32.0 Å². The van der Waals surface area contributed by atoms with Crippen LogP contribution in [0.1, 0.15) is 83.7 Å². The van der Waals surface area contributed by atoms with Gasteiger partial charge in [-0.05, 0) is 25.7 Å². The van der Waals surface area contributed by atoms with Crippen molar-refractivity contribution >= 4 is 16.7 Å². The normalized spacial score (nSPS) is 17.3. The van der Waals surface area contributed by atoms with Gasteiger partial charge in [0.15, 0.2) is 6.04 Å². The minimum Gasteiger partial charge on any atom is -0.493 e. The summed E-state index contributed by atoms with van der Waals surface area (Å²) in [4.78, 5) is 12.0. The standard InChI is InChI=1S/C26H35F3N2O2/c1-4-5-6-7-8-9-12-17-33-23-20-14-11-10-13-19(20)15-16-21(23)24(26(27,28)29)31-25(2,3)18-22(32)30-31/h10-11,13-16,24H,4-9,12,17-18H2,1-3H3,(H,30,32)/t24-/m0/s1. The van der Waals surface area contributed by atoms with Crippen molar-refractivity contribution in [1.29, 1.82) is 0 Å². The maximum absolute atomic E-state index is 14.5. The number of nitrogens with one attached hydrogen (secondary N) is 1. The number of rotatable bonds is 11. The van der Waals surface area contributed by atoms with E-state index in [1.807, 2.05) is 12.1 Å². The van der Waals surface area contributed by atoms with Crippen molar-refractivity contribution < 1.29 is 22.7 Å². The lowest BCUT2D eigenvalue weighted by molar-refractivity contribution is -0.204. The molecule has 0 unspecified atom stereocenters. The van der Waals surface area contributed by atoms with Crippen LogP contribution in [0.4, 0.5) is 13.2 Å². The van der Waals surface area contributed by atoms with Gasteiger partial charge in [0, 0.05) is 22.9 Å². The summed E-state index contributed by atoms with van der Waals surface area (Å²) in [5.41, 5.74) is 1.48. The number of hydrogen-bond acceptors (Lipinski definition) is 3. The lowest BCUT2D eigenvalue weighted by Crippen LogP contribution is -2.51. The molecule has 1 aliphatic rings. The van der Waals surface area contributed by atoms with Gasteiger partial charge in [0.05, 0.1) is 6.61 Å². The van der Waals surface area contributed by atoms with Crippen molar-refractivity contribution in [3.63, 3.8) is 0 Å². The topological polar surface area (TPSA) is 41.6 Å².